The van der Waals surface area contributed by atoms with Gasteiger partial charge in [0.15, 0.2) is 0 Å². The SMILES string of the molecule is C=C/C=C(\C=C)CNC(C)=O.[HH]. The van der Waals surface area contributed by atoms with Crippen LogP contribution in [0.5, 0.6) is 0 Å². The van der Waals surface area contributed by atoms with Gasteiger partial charge in [0, 0.05) is 14.9 Å². The molecule has 0 fully saturated rings. The van der Waals surface area contributed by atoms with Crippen LogP contribution in [0.15, 0.2) is 37.0 Å². The van der Waals surface area contributed by atoms with Crippen LogP contribution in [0.25, 0.3) is 0 Å². The number of hydrogen-bond acceptors (Lipinski definition) is 1. The van der Waals surface area contributed by atoms with Gasteiger partial charge in [0.05, 0.1) is 0 Å². The lowest BCUT2D eigenvalue weighted by atomic mass is 10.2. The maximum atomic E-state index is 10.5. The molecule has 1 amide bonds. The predicted octanol–water partition coefficient (Wildman–Crippen LogP) is 1.67. The fourth-order valence-electron chi connectivity index (χ4n) is 0.577. The summed E-state index contributed by atoms with van der Waals surface area (Å²) < 4.78 is 0. The van der Waals surface area contributed by atoms with Gasteiger partial charge >= 0.3 is 0 Å². The molecule has 0 heterocycles. The molecule has 1 N–H and O–H groups in total. The number of allylic oxidation sites excluding steroid dienone is 2. The minimum Gasteiger partial charge on any atom is -0.352 e. The summed E-state index contributed by atoms with van der Waals surface area (Å²) in [6.45, 7) is 9.13. The molecule has 0 aromatic rings. The van der Waals surface area contributed by atoms with Crippen LogP contribution in [-0.4, -0.2) is 12.5 Å². The van der Waals surface area contributed by atoms with Gasteiger partial charge in [0.2, 0.25) is 5.91 Å². The largest absolute Gasteiger partial charge is 0.352 e. The van der Waals surface area contributed by atoms with E-state index in [2.05, 4.69) is 18.5 Å². The molecule has 0 atom stereocenters. The quantitative estimate of drug-likeness (QED) is 0.611. The van der Waals surface area contributed by atoms with Crippen LogP contribution in [0.1, 0.15) is 8.35 Å². The Labute approximate surface area is 68.8 Å². The Hall–Kier alpha value is -1.31. The molecular weight excluding hydrogens is 138 g/mol. The van der Waals surface area contributed by atoms with Crippen molar-refractivity contribution in [1.29, 1.82) is 0 Å². The molecule has 0 bridgehead atoms. The first-order valence-corrected chi connectivity index (χ1v) is 3.39. The van der Waals surface area contributed by atoms with Crippen molar-refractivity contribution < 1.29 is 6.22 Å². The van der Waals surface area contributed by atoms with Crippen LogP contribution < -0.4 is 5.32 Å². The van der Waals surface area contributed by atoms with Crippen molar-refractivity contribution in [2.75, 3.05) is 6.54 Å². The zero-order chi connectivity index (χ0) is 8.69. The maximum Gasteiger partial charge on any atom is 0.217 e. The molecule has 0 unspecified atom stereocenters. The first-order chi connectivity index (χ1) is 5.20. The fourth-order valence-corrected chi connectivity index (χ4v) is 0.577. The summed E-state index contributed by atoms with van der Waals surface area (Å²) >= 11 is 0. The number of carbonyl (C=O) groups excluding carboxylic acids is 1. The first-order valence-electron chi connectivity index (χ1n) is 3.39. The van der Waals surface area contributed by atoms with Crippen LogP contribution >= 0.6 is 0 Å². The molecule has 2 heteroatoms. The van der Waals surface area contributed by atoms with Crippen LogP contribution in [0.2, 0.25) is 0 Å². The lowest BCUT2D eigenvalue weighted by molar-refractivity contribution is -0.118. The highest BCUT2D eigenvalue weighted by Crippen LogP contribution is 1.92. The third-order valence-corrected chi connectivity index (χ3v) is 1.14. The van der Waals surface area contributed by atoms with Crippen molar-refractivity contribution in [3.8, 4) is 0 Å². The van der Waals surface area contributed by atoms with Crippen molar-refractivity contribution in [3.63, 3.8) is 0 Å². The second-order valence-corrected chi connectivity index (χ2v) is 2.09. The van der Waals surface area contributed by atoms with Gasteiger partial charge in [-0.1, -0.05) is 31.4 Å². The van der Waals surface area contributed by atoms with E-state index in [1.54, 1.807) is 12.2 Å². The normalized spacial score (nSPS) is 10.5. The number of hydrogen-bond donors (Lipinski definition) is 1. The van der Waals surface area contributed by atoms with Crippen LogP contribution in [0.3, 0.4) is 0 Å². The van der Waals surface area contributed by atoms with E-state index in [-0.39, 0.29) is 7.33 Å². The molecule has 0 radical (unpaired) electrons. The van der Waals surface area contributed by atoms with Crippen molar-refractivity contribution in [1.82, 2.24) is 5.32 Å². The number of nitrogens with one attached hydrogen (secondary N) is 1. The van der Waals surface area contributed by atoms with Crippen molar-refractivity contribution >= 4 is 5.91 Å². The molecule has 0 aromatic heterocycles. The fraction of sp³-hybridized carbons (Fsp3) is 0.222. The molecule has 0 aliphatic carbocycles. The van der Waals surface area contributed by atoms with Crippen molar-refractivity contribution in [3.05, 3.63) is 37.0 Å². The predicted molar refractivity (Wildman–Crippen MR) is 49.3 cm³/mol. The molecule has 0 aliphatic rings. The van der Waals surface area contributed by atoms with Gasteiger partial charge in [0.25, 0.3) is 0 Å². The Kier molecular flexibility index (Phi) is 4.82. The van der Waals surface area contributed by atoms with E-state index in [4.69, 9.17) is 0 Å². The van der Waals surface area contributed by atoms with Crippen molar-refractivity contribution in [2.24, 2.45) is 0 Å². The van der Waals surface area contributed by atoms with Crippen LogP contribution in [0, 0.1) is 0 Å². The second kappa shape index (κ2) is 5.47. The van der Waals surface area contributed by atoms with E-state index in [0.717, 1.165) is 5.57 Å². The Bertz CT molecular complexity index is 197. The van der Waals surface area contributed by atoms with E-state index < -0.39 is 0 Å². The summed E-state index contributed by atoms with van der Waals surface area (Å²) in [5.41, 5.74) is 0.954. The van der Waals surface area contributed by atoms with Gasteiger partial charge in [-0.15, -0.1) is 0 Å². The lowest BCUT2D eigenvalue weighted by Crippen LogP contribution is -2.21. The minimum atomic E-state index is -0.0400. The van der Waals surface area contributed by atoms with Crippen molar-refractivity contribution in [2.45, 2.75) is 6.92 Å². The van der Waals surface area contributed by atoms with Gasteiger partial charge < -0.3 is 5.32 Å². The monoisotopic (exact) mass is 153 g/mol. The van der Waals surface area contributed by atoms with Gasteiger partial charge in [-0.25, -0.2) is 0 Å². The van der Waals surface area contributed by atoms with E-state index in [0.29, 0.717) is 6.54 Å². The van der Waals surface area contributed by atoms with Crippen LogP contribution in [-0.2, 0) is 4.79 Å². The Balaban J connectivity index is 0. The summed E-state index contributed by atoms with van der Waals surface area (Å²) in [6, 6.07) is 0. The standard InChI is InChI=1S/C9H13NO.H2/c1-4-6-9(5-2)7-10-8(3)11;/h4-6H,1-2,7H2,3H3,(H,10,11);1H/b9-6+;. The summed E-state index contributed by atoms with van der Waals surface area (Å²) in [5, 5.41) is 2.66. The summed E-state index contributed by atoms with van der Waals surface area (Å²) in [7, 11) is 0. The van der Waals surface area contributed by atoms with E-state index in [1.165, 1.54) is 6.92 Å². The summed E-state index contributed by atoms with van der Waals surface area (Å²) in [6.07, 6.45) is 5.17. The highest BCUT2D eigenvalue weighted by atomic mass is 16.1. The van der Waals surface area contributed by atoms with E-state index in [9.17, 15) is 4.79 Å². The lowest BCUT2D eigenvalue weighted by Gasteiger charge is -2.00. The molecule has 0 aromatic carbocycles. The van der Waals surface area contributed by atoms with Crippen LogP contribution in [0.4, 0.5) is 0 Å². The minimum absolute atomic E-state index is 0. The topological polar surface area (TPSA) is 29.1 Å². The van der Waals surface area contributed by atoms with E-state index >= 15 is 0 Å². The molecule has 0 saturated heterocycles. The number of carbonyl (C=O) groups is 1. The van der Waals surface area contributed by atoms with Gasteiger partial charge in [-0.05, 0) is 5.57 Å². The maximum absolute atomic E-state index is 10.5. The summed E-state index contributed by atoms with van der Waals surface area (Å²) in [4.78, 5) is 10.5. The zero-order valence-electron chi connectivity index (χ0n) is 6.76. The highest BCUT2D eigenvalue weighted by Gasteiger charge is 1.91. The number of rotatable bonds is 4. The average molecular weight is 153 g/mol. The Morgan fingerprint density at radius 3 is 2.64 bits per heavy atom. The molecule has 2 nitrogen and oxygen atoms in total. The number of amides is 1. The molecular formula is C9H15NO. The third-order valence-electron chi connectivity index (χ3n) is 1.14. The molecule has 0 aliphatic heterocycles. The Morgan fingerprint density at radius 1 is 1.64 bits per heavy atom. The van der Waals surface area contributed by atoms with Gasteiger partial charge in [-0.3, -0.25) is 4.79 Å². The van der Waals surface area contributed by atoms with Gasteiger partial charge in [-0.2, -0.15) is 0 Å². The summed E-state index contributed by atoms with van der Waals surface area (Å²) in [5.74, 6) is -0.0400. The first kappa shape index (κ1) is 9.69. The zero-order valence-corrected chi connectivity index (χ0v) is 6.76. The molecule has 0 saturated carbocycles. The van der Waals surface area contributed by atoms with E-state index in [1.807, 2.05) is 6.08 Å². The average Bonchev–Trinajstić information content (AvgIpc) is 1.97. The molecule has 62 valence electrons. The second-order valence-electron chi connectivity index (χ2n) is 2.09. The van der Waals surface area contributed by atoms with Gasteiger partial charge in [0.1, 0.15) is 0 Å². The highest BCUT2D eigenvalue weighted by molar-refractivity contribution is 5.73. The third kappa shape index (κ3) is 5.15. The smallest absolute Gasteiger partial charge is 0.217 e. The molecule has 11 heavy (non-hydrogen) atoms. The molecule has 0 spiro atoms. The molecule has 0 rings (SSSR count). The Morgan fingerprint density at radius 2 is 2.27 bits per heavy atom.